The van der Waals surface area contributed by atoms with E-state index in [1.165, 1.54) is 11.3 Å². The molecule has 0 saturated heterocycles. The van der Waals surface area contributed by atoms with Gasteiger partial charge in [-0.2, -0.15) is 5.26 Å². The fourth-order valence-corrected chi connectivity index (χ4v) is 3.09. The SMILES string of the molecule is COc1c(N(C)Cc2cccc(Cl)c2)sc(C#N)c1N. The van der Waals surface area contributed by atoms with Gasteiger partial charge in [-0.3, -0.25) is 0 Å². The summed E-state index contributed by atoms with van der Waals surface area (Å²) in [5, 5.41) is 10.6. The summed E-state index contributed by atoms with van der Waals surface area (Å²) in [5.74, 6) is 0.552. The minimum atomic E-state index is 0.396. The van der Waals surface area contributed by atoms with E-state index in [0.717, 1.165) is 10.6 Å². The molecule has 0 aliphatic heterocycles. The number of anilines is 2. The quantitative estimate of drug-likeness (QED) is 0.939. The smallest absolute Gasteiger partial charge is 0.177 e. The maximum Gasteiger partial charge on any atom is 0.177 e. The minimum Gasteiger partial charge on any atom is -0.492 e. The molecule has 0 spiro atoms. The van der Waals surface area contributed by atoms with Crippen molar-refractivity contribution in [2.24, 2.45) is 0 Å². The third-order valence-electron chi connectivity index (χ3n) is 2.84. The van der Waals surface area contributed by atoms with Crippen molar-refractivity contribution in [2.75, 3.05) is 24.8 Å². The number of halogens is 1. The highest BCUT2D eigenvalue weighted by Crippen LogP contribution is 2.44. The molecule has 6 heteroatoms. The van der Waals surface area contributed by atoms with Crippen LogP contribution < -0.4 is 15.4 Å². The molecule has 0 amide bonds. The van der Waals surface area contributed by atoms with Crippen LogP contribution in [0.2, 0.25) is 5.02 Å². The van der Waals surface area contributed by atoms with Gasteiger partial charge in [0.15, 0.2) is 5.75 Å². The maximum atomic E-state index is 9.05. The van der Waals surface area contributed by atoms with E-state index in [2.05, 4.69) is 6.07 Å². The molecule has 0 fully saturated rings. The standard InChI is InChI=1S/C14H14ClN3OS/c1-18(8-9-4-3-5-10(15)6-9)14-13(19-2)12(17)11(7-16)20-14/h3-6H,8,17H2,1-2H3. The van der Waals surface area contributed by atoms with Gasteiger partial charge < -0.3 is 15.4 Å². The van der Waals surface area contributed by atoms with Gasteiger partial charge in [-0.25, -0.2) is 0 Å². The molecule has 4 nitrogen and oxygen atoms in total. The first-order valence-electron chi connectivity index (χ1n) is 5.88. The third kappa shape index (κ3) is 2.82. The molecule has 0 saturated carbocycles. The van der Waals surface area contributed by atoms with Crippen molar-refractivity contribution in [2.45, 2.75) is 6.54 Å². The van der Waals surface area contributed by atoms with Gasteiger partial charge in [-0.05, 0) is 17.7 Å². The number of hydrogen-bond acceptors (Lipinski definition) is 5. The van der Waals surface area contributed by atoms with E-state index in [1.54, 1.807) is 7.11 Å². The topological polar surface area (TPSA) is 62.3 Å². The van der Waals surface area contributed by atoms with E-state index < -0.39 is 0 Å². The predicted octanol–water partition coefficient (Wildman–Crippen LogP) is 3.50. The number of ether oxygens (including phenoxy) is 1. The number of nitrogen functional groups attached to an aromatic ring is 1. The van der Waals surface area contributed by atoms with Crippen LogP contribution in [0.3, 0.4) is 0 Å². The summed E-state index contributed by atoms with van der Waals surface area (Å²) in [6, 6.07) is 9.74. The lowest BCUT2D eigenvalue weighted by Gasteiger charge is -2.18. The molecular weight excluding hydrogens is 294 g/mol. The van der Waals surface area contributed by atoms with Crippen molar-refractivity contribution in [3.05, 3.63) is 39.7 Å². The monoisotopic (exact) mass is 307 g/mol. The Morgan fingerprint density at radius 3 is 2.85 bits per heavy atom. The van der Waals surface area contributed by atoms with Gasteiger partial charge in [0.05, 0.1) is 7.11 Å². The largest absolute Gasteiger partial charge is 0.492 e. The van der Waals surface area contributed by atoms with E-state index in [0.29, 0.717) is 27.9 Å². The number of nitrogens with zero attached hydrogens (tertiary/aromatic N) is 2. The lowest BCUT2D eigenvalue weighted by Crippen LogP contribution is -2.15. The van der Waals surface area contributed by atoms with Crippen LogP contribution in [0.4, 0.5) is 10.7 Å². The fraction of sp³-hybridized carbons (Fsp3) is 0.214. The fourth-order valence-electron chi connectivity index (χ4n) is 1.93. The number of rotatable bonds is 4. The first-order valence-corrected chi connectivity index (χ1v) is 7.08. The Morgan fingerprint density at radius 1 is 1.50 bits per heavy atom. The zero-order valence-corrected chi connectivity index (χ0v) is 12.8. The maximum absolute atomic E-state index is 9.05. The average molecular weight is 308 g/mol. The lowest BCUT2D eigenvalue weighted by molar-refractivity contribution is 0.418. The number of hydrogen-bond donors (Lipinski definition) is 1. The second-order valence-electron chi connectivity index (χ2n) is 4.28. The Kier molecular flexibility index (Phi) is 4.38. The van der Waals surface area contributed by atoms with Crippen molar-refractivity contribution in [3.8, 4) is 11.8 Å². The Labute approximate surface area is 126 Å². The Morgan fingerprint density at radius 2 is 2.25 bits per heavy atom. The summed E-state index contributed by atoms with van der Waals surface area (Å²) in [7, 11) is 3.48. The lowest BCUT2D eigenvalue weighted by atomic mass is 10.2. The summed E-state index contributed by atoms with van der Waals surface area (Å²) >= 11 is 7.31. The van der Waals surface area contributed by atoms with Crippen molar-refractivity contribution in [3.63, 3.8) is 0 Å². The van der Waals surface area contributed by atoms with Crippen molar-refractivity contribution in [1.29, 1.82) is 5.26 Å². The molecule has 0 radical (unpaired) electrons. The molecular formula is C14H14ClN3OS. The molecule has 1 aromatic carbocycles. The summed E-state index contributed by atoms with van der Waals surface area (Å²) in [5.41, 5.74) is 7.37. The zero-order chi connectivity index (χ0) is 14.7. The highest BCUT2D eigenvalue weighted by Gasteiger charge is 2.19. The molecule has 0 atom stereocenters. The van der Waals surface area contributed by atoms with Gasteiger partial charge in [-0.15, -0.1) is 11.3 Å². The molecule has 1 heterocycles. The van der Waals surface area contributed by atoms with Crippen LogP contribution in [0.1, 0.15) is 10.4 Å². The van der Waals surface area contributed by atoms with Crippen LogP contribution in [0.25, 0.3) is 0 Å². The Balaban J connectivity index is 2.30. The molecule has 0 unspecified atom stereocenters. The van der Waals surface area contributed by atoms with Gasteiger partial charge in [0, 0.05) is 18.6 Å². The second kappa shape index (κ2) is 6.04. The predicted molar refractivity (Wildman–Crippen MR) is 83.6 cm³/mol. The first kappa shape index (κ1) is 14.5. The minimum absolute atomic E-state index is 0.396. The van der Waals surface area contributed by atoms with Gasteiger partial charge in [0.25, 0.3) is 0 Å². The number of benzene rings is 1. The van der Waals surface area contributed by atoms with Crippen LogP contribution >= 0.6 is 22.9 Å². The van der Waals surface area contributed by atoms with Crippen LogP contribution in [-0.2, 0) is 6.54 Å². The molecule has 2 aromatic rings. The molecule has 0 bridgehead atoms. The molecule has 20 heavy (non-hydrogen) atoms. The highest BCUT2D eigenvalue weighted by atomic mass is 35.5. The molecule has 2 rings (SSSR count). The molecule has 0 aliphatic carbocycles. The summed E-state index contributed by atoms with van der Waals surface area (Å²) < 4.78 is 5.31. The normalized spacial score (nSPS) is 10.1. The van der Waals surface area contributed by atoms with Gasteiger partial charge in [-0.1, -0.05) is 23.7 Å². The first-order chi connectivity index (χ1) is 9.56. The number of methoxy groups -OCH3 is 1. The van der Waals surface area contributed by atoms with Crippen LogP contribution in [-0.4, -0.2) is 14.2 Å². The summed E-state index contributed by atoms with van der Waals surface area (Å²) in [6.45, 7) is 0.655. The van der Waals surface area contributed by atoms with E-state index >= 15 is 0 Å². The van der Waals surface area contributed by atoms with Crippen LogP contribution in [0.15, 0.2) is 24.3 Å². The van der Waals surface area contributed by atoms with Crippen molar-refractivity contribution >= 4 is 33.6 Å². The number of nitrogens with two attached hydrogens (primary N) is 1. The van der Waals surface area contributed by atoms with Crippen LogP contribution in [0, 0.1) is 11.3 Å². The summed E-state index contributed by atoms with van der Waals surface area (Å²) in [4.78, 5) is 2.46. The summed E-state index contributed by atoms with van der Waals surface area (Å²) in [6.07, 6.45) is 0. The van der Waals surface area contributed by atoms with Crippen molar-refractivity contribution < 1.29 is 4.74 Å². The Bertz CT molecular complexity index is 663. The Hall–Kier alpha value is -1.90. The molecule has 1 aromatic heterocycles. The van der Waals surface area contributed by atoms with E-state index in [9.17, 15) is 0 Å². The van der Waals surface area contributed by atoms with Crippen LogP contribution in [0.5, 0.6) is 5.75 Å². The zero-order valence-electron chi connectivity index (χ0n) is 11.2. The van der Waals surface area contributed by atoms with E-state index in [4.69, 9.17) is 27.3 Å². The van der Waals surface area contributed by atoms with E-state index in [-0.39, 0.29) is 0 Å². The number of nitriles is 1. The van der Waals surface area contributed by atoms with Gasteiger partial charge >= 0.3 is 0 Å². The molecule has 104 valence electrons. The number of thiophene rings is 1. The highest BCUT2D eigenvalue weighted by molar-refractivity contribution is 7.17. The third-order valence-corrected chi connectivity index (χ3v) is 4.28. The van der Waals surface area contributed by atoms with E-state index in [1.807, 2.05) is 36.2 Å². The molecule has 2 N–H and O–H groups in total. The van der Waals surface area contributed by atoms with Crippen molar-refractivity contribution in [1.82, 2.24) is 0 Å². The molecule has 0 aliphatic rings. The average Bonchev–Trinajstić information content (AvgIpc) is 2.75. The second-order valence-corrected chi connectivity index (χ2v) is 5.72. The van der Waals surface area contributed by atoms with Gasteiger partial charge in [0.2, 0.25) is 0 Å². The van der Waals surface area contributed by atoms with Gasteiger partial charge in [0.1, 0.15) is 21.6 Å².